The van der Waals surface area contributed by atoms with E-state index in [1.54, 1.807) is 0 Å². The van der Waals surface area contributed by atoms with Gasteiger partial charge in [0.25, 0.3) is 0 Å². The van der Waals surface area contributed by atoms with Crippen LogP contribution in [-0.2, 0) is 11.2 Å². The van der Waals surface area contributed by atoms with Gasteiger partial charge in [-0.3, -0.25) is 4.79 Å². The van der Waals surface area contributed by atoms with E-state index < -0.39 is 0 Å². The molecule has 1 aliphatic heterocycles. The number of carbonyl (C=O) groups is 1. The maximum absolute atomic E-state index is 12.4. The van der Waals surface area contributed by atoms with Crippen molar-refractivity contribution in [2.24, 2.45) is 0 Å². The molecule has 0 spiro atoms. The Bertz CT molecular complexity index is 639. The summed E-state index contributed by atoms with van der Waals surface area (Å²) in [6, 6.07) is 18.8. The number of carbonyl (C=O) groups excluding carboxylic acids is 1. The maximum Gasteiger partial charge on any atom is 0.228 e. The molecule has 2 aromatic carbocycles. The second-order valence-electron chi connectivity index (χ2n) is 5.76. The van der Waals surface area contributed by atoms with Gasteiger partial charge in [0.2, 0.25) is 5.91 Å². The fourth-order valence-electron chi connectivity index (χ4n) is 2.99. The van der Waals surface area contributed by atoms with Gasteiger partial charge in [-0.2, -0.15) is 0 Å². The Balaban J connectivity index is 1.51. The molecule has 1 heterocycles. The van der Waals surface area contributed by atoms with Crippen molar-refractivity contribution in [3.05, 3.63) is 65.7 Å². The largest absolute Gasteiger partial charge is 0.312 e. The third-order valence-electron chi connectivity index (χ3n) is 4.28. The number of para-hydroxylation sites is 1. The lowest BCUT2D eigenvalue weighted by molar-refractivity contribution is -0.118. The second-order valence-corrected chi connectivity index (χ2v) is 5.76. The Kier molecular flexibility index (Phi) is 4.54. The van der Waals surface area contributed by atoms with Crippen LogP contribution in [0.5, 0.6) is 0 Å². The fraction of sp³-hybridized carbons (Fsp3) is 0.316. The Morgan fingerprint density at radius 3 is 2.68 bits per heavy atom. The second kappa shape index (κ2) is 6.75. The Morgan fingerprint density at radius 1 is 1.14 bits per heavy atom. The van der Waals surface area contributed by atoms with Crippen molar-refractivity contribution in [2.75, 3.05) is 18.0 Å². The number of nitrogens with one attached hydrogen (secondary N) is 1. The van der Waals surface area contributed by atoms with E-state index in [9.17, 15) is 4.79 Å². The first kappa shape index (κ1) is 14.8. The molecule has 0 fully saturated rings. The average Bonchev–Trinajstić information content (AvgIpc) is 2.99. The summed E-state index contributed by atoms with van der Waals surface area (Å²) in [6.07, 6.45) is 1.50. The van der Waals surface area contributed by atoms with Crippen LogP contribution >= 0.6 is 0 Å². The molecular weight excluding hydrogens is 272 g/mol. The van der Waals surface area contributed by atoms with Crippen LogP contribution in [0.15, 0.2) is 54.6 Å². The van der Waals surface area contributed by atoms with Crippen LogP contribution < -0.4 is 10.2 Å². The van der Waals surface area contributed by atoms with Crippen LogP contribution in [0.1, 0.15) is 30.5 Å². The smallest absolute Gasteiger partial charge is 0.228 e. The van der Waals surface area contributed by atoms with Crippen molar-refractivity contribution in [2.45, 2.75) is 25.8 Å². The molecule has 1 amide bonds. The molecule has 0 saturated carbocycles. The third-order valence-corrected chi connectivity index (χ3v) is 4.28. The minimum Gasteiger partial charge on any atom is -0.312 e. The highest BCUT2D eigenvalue weighted by molar-refractivity contribution is 5.95. The van der Waals surface area contributed by atoms with Gasteiger partial charge in [-0.25, -0.2) is 0 Å². The zero-order chi connectivity index (χ0) is 15.4. The maximum atomic E-state index is 12.4. The molecule has 1 atom stereocenters. The molecule has 1 unspecified atom stereocenters. The fourth-order valence-corrected chi connectivity index (χ4v) is 2.99. The first-order valence-electron chi connectivity index (χ1n) is 7.92. The monoisotopic (exact) mass is 294 g/mol. The van der Waals surface area contributed by atoms with Gasteiger partial charge in [0.15, 0.2) is 0 Å². The van der Waals surface area contributed by atoms with Crippen molar-refractivity contribution in [1.82, 2.24) is 5.32 Å². The van der Waals surface area contributed by atoms with Gasteiger partial charge in [-0.05, 0) is 30.5 Å². The van der Waals surface area contributed by atoms with Crippen LogP contribution in [0.25, 0.3) is 0 Å². The lowest BCUT2D eigenvalue weighted by Gasteiger charge is -2.19. The summed E-state index contributed by atoms with van der Waals surface area (Å²) in [5, 5.41) is 3.43. The third kappa shape index (κ3) is 3.20. The van der Waals surface area contributed by atoms with Crippen LogP contribution in [0, 0.1) is 0 Å². The molecular formula is C19H22N2O. The highest BCUT2D eigenvalue weighted by atomic mass is 16.2. The first-order chi connectivity index (χ1) is 10.8. The van der Waals surface area contributed by atoms with Crippen LogP contribution in [-0.4, -0.2) is 19.0 Å². The summed E-state index contributed by atoms with van der Waals surface area (Å²) in [5.41, 5.74) is 3.62. The van der Waals surface area contributed by atoms with E-state index in [4.69, 9.17) is 0 Å². The van der Waals surface area contributed by atoms with Crippen molar-refractivity contribution < 1.29 is 4.79 Å². The topological polar surface area (TPSA) is 32.3 Å². The van der Waals surface area contributed by atoms with Crippen LogP contribution in [0.2, 0.25) is 0 Å². The molecule has 3 heteroatoms. The molecule has 0 aliphatic carbocycles. The van der Waals surface area contributed by atoms with Gasteiger partial charge >= 0.3 is 0 Å². The Morgan fingerprint density at radius 2 is 1.86 bits per heavy atom. The molecule has 3 rings (SSSR count). The van der Waals surface area contributed by atoms with Gasteiger partial charge in [-0.15, -0.1) is 0 Å². The summed E-state index contributed by atoms with van der Waals surface area (Å²) < 4.78 is 0. The molecule has 0 saturated heterocycles. The van der Waals surface area contributed by atoms with Gasteiger partial charge in [0, 0.05) is 31.2 Å². The Labute approximate surface area is 132 Å². The summed E-state index contributed by atoms with van der Waals surface area (Å²) >= 11 is 0. The van der Waals surface area contributed by atoms with Crippen LogP contribution in [0.3, 0.4) is 0 Å². The molecule has 0 bridgehead atoms. The highest BCUT2D eigenvalue weighted by Crippen LogP contribution is 2.27. The average molecular weight is 294 g/mol. The van der Waals surface area contributed by atoms with E-state index in [-0.39, 0.29) is 11.9 Å². The van der Waals surface area contributed by atoms with E-state index >= 15 is 0 Å². The highest BCUT2D eigenvalue weighted by Gasteiger charge is 2.23. The number of amides is 1. The minimum absolute atomic E-state index is 0.206. The molecule has 3 nitrogen and oxygen atoms in total. The summed E-state index contributed by atoms with van der Waals surface area (Å²) in [6.45, 7) is 3.64. The summed E-state index contributed by atoms with van der Waals surface area (Å²) in [4.78, 5) is 14.3. The Hall–Kier alpha value is -2.13. The normalized spacial score (nSPS) is 14.7. The lowest BCUT2D eigenvalue weighted by Crippen LogP contribution is -2.32. The number of anilines is 1. The van der Waals surface area contributed by atoms with E-state index in [0.29, 0.717) is 13.0 Å². The van der Waals surface area contributed by atoms with E-state index in [1.807, 2.05) is 41.3 Å². The lowest BCUT2D eigenvalue weighted by atomic mass is 10.1. The van der Waals surface area contributed by atoms with E-state index in [0.717, 1.165) is 18.7 Å². The van der Waals surface area contributed by atoms with Gasteiger partial charge in [-0.1, -0.05) is 48.5 Å². The molecule has 22 heavy (non-hydrogen) atoms. The number of hydrogen-bond acceptors (Lipinski definition) is 2. The zero-order valence-electron chi connectivity index (χ0n) is 13.0. The van der Waals surface area contributed by atoms with E-state index in [2.05, 4.69) is 30.4 Å². The predicted molar refractivity (Wildman–Crippen MR) is 90.0 cm³/mol. The van der Waals surface area contributed by atoms with Crippen molar-refractivity contribution >= 4 is 11.6 Å². The van der Waals surface area contributed by atoms with Crippen molar-refractivity contribution in [1.29, 1.82) is 0 Å². The number of hydrogen-bond donors (Lipinski definition) is 1. The number of benzene rings is 2. The van der Waals surface area contributed by atoms with Gasteiger partial charge in [0.1, 0.15) is 0 Å². The van der Waals surface area contributed by atoms with E-state index in [1.165, 1.54) is 11.1 Å². The molecule has 1 N–H and O–H groups in total. The SMILES string of the molecule is CC(NCCC(=O)N1CCc2ccccc21)c1ccccc1. The molecule has 1 aliphatic rings. The molecule has 2 aromatic rings. The molecule has 0 radical (unpaired) electrons. The standard InChI is InChI=1S/C19H22N2O/c1-15(16-7-3-2-4-8-16)20-13-11-19(22)21-14-12-17-9-5-6-10-18(17)21/h2-10,15,20H,11-14H2,1H3. The van der Waals surface area contributed by atoms with Crippen molar-refractivity contribution in [3.63, 3.8) is 0 Å². The van der Waals surface area contributed by atoms with Crippen LogP contribution in [0.4, 0.5) is 5.69 Å². The predicted octanol–water partition coefficient (Wildman–Crippen LogP) is 3.32. The first-order valence-corrected chi connectivity index (χ1v) is 7.92. The quantitative estimate of drug-likeness (QED) is 0.917. The molecule has 114 valence electrons. The zero-order valence-corrected chi connectivity index (χ0v) is 13.0. The van der Waals surface area contributed by atoms with Gasteiger partial charge < -0.3 is 10.2 Å². The summed E-state index contributed by atoms with van der Waals surface area (Å²) in [5.74, 6) is 0.206. The minimum atomic E-state index is 0.206. The number of rotatable bonds is 5. The molecule has 0 aromatic heterocycles. The van der Waals surface area contributed by atoms with Gasteiger partial charge in [0.05, 0.1) is 0 Å². The number of fused-ring (bicyclic) bond motifs is 1. The van der Waals surface area contributed by atoms with Crippen molar-refractivity contribution in [3.8, 4) is 0 Å². The number of nitrogens with zero attached hydrogens (tertiary/aromatic N) is 1. The summed E-state index contributed by atoms with van der Waals surface area (Å²) in [7, 11) is 0.